The van der Waals surface area contributed by atoms with Gasteiger partial charge in [-0.05, 0) is 19.3 Å². The fraction of sp³-hybridized carbons (Fsp3) is 0.583. The van der Waals surface area contributed by atoms with Crippen molar-refractivity contribution < 1.29 is 4.57 Å². The van der Waals surface area contributed by atoms with Gasteiger partial charge in [0.25, 0.3) is 0 Å². The van der Waals surface area contributed by atoms with Crippen LogP contribution < -0.4 is 15.2 Å². The number of hydrogen-bond donors (Lipinski definition) is 1. The Morgan fingerprint density at radius 3 is 2.18 bits per heavy atom. The molecular formula is C12H22Br2N3+. The smallest absolute Gasteiger partial charge is 0.170 e. The van der Waals surface area contributed by atoms with Gasteiger partial charge in [0, 0.05) is 30.9 Å². The molecule has 0 spiro atoms. The summed E-state index contributed by atoms with van der Waals surface area (Å²) in [5, 5.41) is 0. The van der Waals surface area contributed by atoms with Gasteiger partial charge < -0.3 is 10.6 Å². The maximum absolute atomic E-state index is 5.51. The molecule has 1 fully saturated rings. The molecule has 0 bridgehead atoms. The number of nitrogens with zero attached hydrogens (tertiary/aromatic N) is 2. The normalized spacial score (nSPS) is 14.8. The minimum absolute atomic E-state index is 0. The van der Waals surface area contributed by atoms with Crippen molar-refractivity contribution in [3.63, 3.8) is 0 Å². The summed E-state index contributed by atoms with van der Waals surface area (Å²) in [5.74, 6) is 0. The highest BCUT2D eigenvalue weighted by Crippen LogP contribution is 2.17. The summed E-state index contributed by atoms with van der Waals surface area (Å²) in [6, 6.07) is 4.39. The average molecular weight is 368 g/mol. The van der Waals surface area contributed by atoms with Gasteiger partial charge in [-0.2, -0.15) is 0 Å². The zero-order valence-corrected chi connectivity index (χ0v) is 13.5. The Kier molecular flexibility index (Phi) is 8.82. The molecule has 17 heavy (non-hydrogen) atoms. The Morgan fingerprint density at radius 2 is 1.65 bits per heavy atom. The van der Waals surface area contributed by atoms with Gasteiger partial charge in [-0.15, -0.1) is 34.0 Å². The van der Waals surface area contributed by atoms with Crippen LogP contribution in [0, 0.1) is 0 Å². The molecule has 2 N–H and O–H groups in total. The van der Waals surface area contributed by atoms with Crippen molar-refractivity contribution >= 4 is 39.7 Å². The van der Waals surface area contributed by atoms with E-state index in [2.05, 4.69) is 34.0 Å². The molecule has 0 atom stereocenters. The van der Waals surface area contributed by atoms with E-state index in [4.69, 9.17) is 5.73 Å². The maximum Gasteiger partial charge on any atom is 0.170 e. The largest absolute Gasteiger partial charge is 0.371 e. The second-order valence-corrected chi connectivity index (χ2v) is 4.13. The average Bonchev–Trinajstić information content (AvgIpc) is 2.32. The van der Waals surface area contributed by atoms with Crippen LogP contribution in [0.15, 0.2) is 24.5 Å². The standard InChI is InChI=1S/C12H20N3.2BrH/c13-6-11-14-9-4-12(5-10-14)15-7-2-1-3-8-15;;/h4-5,9-10H,1-3,6-8,11,13H2;2*1H/q+1;;. The van der Waals surface area contributed by atoms with E-state index in [1.165, 1.54) is 38.0 Å². The lowest BCUT2D eigenvalue weighted by Gasteiger charge is -2.28. The summed E-state index contributed by atoms with van der Waals surface area (Å²) in [6.07, 6.45) is 8.29. The maximum atomic E-state index is 5.51. The molecule has 1 aliphatic rings. The molecule has 1 aromatic rings. The van der Waals surface area contributed by atoms with E-state index in [-0.39, 0.29) is 34.0 Å². The van der Waals surface area contributed by atoms with Crippen LogP contribution in [-0.2, 0) is 6.54 Å². The Morgan fingerprint density at radius 1 is 1.06 bits per heavy atom. The van der Waals surface area contributed by atoms with Gasteiger partial charge in [0.15, 0.2) is 18.9 Å². The topological polar surface area (TPSA) is 33.1 Å². The van der Waals surface area contributed by atoms with Crippen molar-refractivity contribution in [2.24, 2.45) is 5.73 Å². The van der Waals surface area contributed by atoms with E-state index in [1.54, 1.807) is 0 Å². The number of halogens is 2. The Hall–Kier alpha value is -0.130. The van der Waals surface area contributed by atoms with Crippen LogP contribution in [0.2, 0.25) is 0 Å². The zero-order valence-electron chi connectivity index (χ0n) is 10.0. The Bertz CT molecular complexity index is 297. The molecule has 0 radical (unpaired) electrons. The molecule has 0 saturated carbocycles. The summed E-state index contributed by atoms with van der Waals surface area (Å²) >= 11 is 0. The van der Waals surface area contributed by atoms with Gasteiger partial charge in [0.1, 0.15) is 0 Å². The summed E-state index contributed by atoms with van der Waals surface area (Å²) < 4.78 is 2.13. The van der Waals surface area contributed by atoms with E-state index < -0.39 is 0 Å². The van der Waals surface area contributed by atoms with E-state index in [0.29, 0.717) is 6.54 Å². The zero-order chi connectivity index (χ0) is 10.5. The monoisotopic (exact) mass is 366 g/mol. The molecule has 1 aromatic heterocycles. The second kappa shape index (κ2) is 8.89. The molecule has 5 heteroatoms. The van der Waals surface area contributed by atoms with Crippen molar-refractivity contribution in [1.29, 1.82) is 0 Å². The first-order chi connectivity index (χ1) is 7.40. The molecule has 1 aliphatic heterocycles. The first-order valence-corrected chi connectivity index (χ1v) is 5.84. The van der Waals surface area contributed by atoms with E-state index in [0.717, 1.165) is 6.54 Å². The first-order valence-electron chi connectivity index (χ1n) is 5.84. The summed E-state index contributed by atoms with van der Waals surface area (Å²) in [4.78, 5) is 2.47. The minimum atomic E-state index is 0. The second-order valence-electron chi connectivity index (χ2n) is 4.13. The fourth-order valence-corrected chi connectivity index (χ4v) is 2.11. The van der Waals surface area contributed by atoms with Crippen molar-refractivity contribution in [2.45, 2.75) is 25.8 Å². The highest BCUT2D eigenvalue weighted by molar-refractivity contribution is 8.93. The SMILES string of the molecule is Br.Br.NCC[n+]1ccc(N2CCCCC2)cc1. The number of piperidine rings is 1. The third-order valence-electron chi connectivity index (χ3n) is 2.98. The third-order valence-corrected chi connectivity index (χ3v) is 2.98. The van der Waals surface area contributed by atoms with Crippen LogP contribution in [0.1, 0.15) is 19.3 Å². The van der Waals surface area contributed by atoms with E-state index >= 15 is 0 Å². The number of nitrogens with two attached hydrogens (primary N) is 1. The molecule has 98 valence electrons. The van der Waals surface area contributed by atoms with Gasteiger partial charge in [0.2, 0.25) is 0 Å². The van der Waals surface area contributed by atoms with Crippen molar-refractivity contribution in [3.05, 3.63) is 24.5 Å². The van der Waals surface area contributed by atoms with Gasteiger partial charge in [-0.3, -0.25) is 0 Å². The summed E-state index contributed by atoms with van der Waals surface area (Å²) in [7, 11) is 0. The van der Waals surface area contributed by atoms with Crippen molar-refractivity contribution in [3.8, 4) is 0 Å². The molecule has 1 saturated heterocycles. The highest BCUT2D eigenvalue weighted by atomic mass is 79.9. The molecule has 2 heterocycles. The minimum Gasteiger partial charge on any atom is -0.371 e. The Balaban J connectivity index is 0.00000128. The van der Waals surface area contributed by atoms with Crippen LogP contribution in [0.5, 0.6) is 0 Å². The summed E-state index contributed by atoms with van der Waals surface area (Å²) in [6.45, 7) is 4.02. The molecule has 3 nitrogen and oxygen atoms in total. The van der Waals surface area contributed by atoms with Crippen LogP contribution in [0.4, 0.5) is 5.69 Å². The molecular weight excluding hydrogens is 346 g/mol. The third kappa shape index (κ3) is 4.94. The number of hydrogen-bond acceptors (Lipinski definition) is 2. The lowest BCUT2D eigenvalue weighted by Crippen LogP contribution is -2.37. The van der Waals surface area contributed by atoms with Gasteiger partial charge in [-0.1, -0.05) is 0 Å². The van der Waals surface area contributed by atoms with Gasteiger partial charge in [-0.25, -0.2) is 4.57 Å². The van der Waals surface area contributed by atoms with Crippen LogP contribution in [0.25, 0.3) is 0 Å². The van der Waals surface area contributed by atoms with Gasteiger partial charge >= 0.3 is 0 Å². The number of aromatic nitrogens is 1. The molecule has 2 rings (SSSR count). The lowest BCUT2D eigenvalue weighted by molar-refractivity contribution is -0.694. The first kappa shape index (κ1) is 16.9. The number of pyridine rings is 1. The molecule has 0 amide bonds. The van der Waals surface area contributed by atoms with E-state index in [9.17, 15) is 0 Å². The molecule has 0 aliphatic carbocycles. The highest BCUT2D eigenvalue weighted by Gasteiger charge is 2.11. The predicted octanol–water partition coefficient (Wildman–Crippen LogP) is 2.08. The summed E-state index contributed by atoms with van der Waals surface area (Å²) in [5.41, 5.74) is 6.86. The van der Waals surface area contributed by atoms with Gasteiger partial charge in [0.05, 0.1) is 6.54 Å². The van der Waals surface area contributed by atoms with Crippen LogP contribution in [0.3, 0.4) is 0 Å². The fourth-order valence-electron chi connectivity index (χ4n) is 2.11. The lowest BCUT2D eigenvalue weighted by atomic mass is 10.1. The predicted molar refractivity (Wildman–Crippen MR) is 82.4 cm³/mol. The quantitative estimate of drug-likeness (QED) is 0.829. The number of anilines is 1. The van der Waals surface area contributed by atoms with E-state index in [1.807, 2.05) is 0 Å². The van der Waals surface area contributed by atoms with Crippen LogP contribution >= 0.6 is 34.0 Å². The van der Waals surface area contributed by atoms with Crippen molar-refractivity contribution in [2.75, 3.05) is 24.5 Å². The molecule has 0 unspecified atom stereocenters. The number of rotatable bonds is 3. The Labute approximate surface area is 125 Å². The van der Waals surface area contributed by atoms with Crippen molar-refractivity contribution in [1.82, 2.24) is 0 Å². The molecule has 0 aromatic carbocycles. The van der Waals surface area contributed by atoms with Crippen LogP contribution in [-0.4, -0.2) is 19.6 Å².